The summed E-state index contributed by atoms with van der Waals surface area (Å²) in [6, 6.07) is 0. The van der Waals surface area contributed by atoms with Gasteiger partial charge in [0, 0.05) is 19.6 Å². The first-order chi connectivity index (χ1) is 14.0. The Bertz CT molecular complexity index is 339. The lowest BCUT2D eigenvalue weighted by Crippen LogP contribution is -2.06. The zero-order valence-electron chi connectivity index (χ0n) is 17.6. The highest BCUT2D eigenvalue weighted by molar-refractivity contribution is 7.75. The van der Waals surface area contributed by atoms with Crippen molar-refractivity contribution < 1.29 is 31.5 Å². The highest BCUT2D eigenvalue weighted by Crippen LogP contribution is 2.31. The molecule has 0 radical (unpaired) electrons. The molecule has 0 rings (SSSR count). The van der Waals surface area contributed by atoms with Crippen molar-refractivity contribution in [3.8, 4) is 0 Å². The minimum absolute atomic E-state index is 0.119. The van der Waals surface area contributed by atoms with Crippen LogP contribution in [0.25, 0.3) is 0 Å². The summed E-state index contributed by atoms with van der Waals surface area (Å²) in [6.45, 7) is 1.89. The Morgan fingerprint density at radius 2 is 1.10 bits per heavy atom. The summed E-state index contributed by atoms with van der Waals surface area (Å²) in [5.74, 6) is 0. The maximum Gasteiger partial charge on any atom is 0.389 e. The van der Waals surface area contributed by atoms with E-state index in [4.69, 9.17) is 9.26 Å². The summed E-state index contributed by atoms with van der Waals surface area (Å²) in [7, 11) is -1.52. The number of ether oxygens (including phenoxy) is 1. The number of unbranched alkanes of at least 4 members (excludes halogenated alkanes) is 12. The van der Waals surface area contributed by atoms with Gasteiger partial charge in [-0.25, -0.2) is 0 Å². The third kappa shape index (κ3) is 26.4. The highest BCUT2D eigenvalue weighted by atomic mass is 32.1. The number of hydrogen-bond acceptors (Lipinski definition) is 5. The molecule has 0 amide bonds. The molecule has 0 fully saturated rings. The van der Waals surface area contributed by atoms with Gasteiger partial charge in [0.05, 0.1) is 6.61 Å². The van der Waals surface area contributed by atoms with Crippen molar-refractivity contribution in [3.63, 3.8) is 0 Å². The number of halogens is 3. The van der Waals surface area contributed by atoms with Crippen LogP contribution >= 0.6 is 21.3 Å². The molecule has 0 aromatic heterocycles. The molecular formula is C20H40F3O4PS. The minimum atomic E-state index is -3.99. The van der Waals surface area contributed by atoms with E-state index in [9.17, 15) is 18.1 Å². The van der Waals surface area contributed by atoms with E-state index in [1.807, 2.05) is 0 Å². The van der Waals surface area contributed by atoms with Crippen LogP contribution in [0.2, 0.25) is 0 Å². The van der Waals surface area contributed by atoms with Gasteiger partial charge in [0.25, 0.3) is 0 Å². The van der Waals surface area contributed by atoms with E-state index in [1.54, 1.807) is 0 Å². The molecular weight excluding hydrogens is 424 g/mol. The zero-order valence-corrected chi connectivity index (χ0v) is 19.4. The Morgan fingerprint density at radius 1 is 0.655 bits per heavy atom. The van der Waals surface area contributed by atoms with Gasteiger partial charge in [0.2, 0.25) is 0 Å². The first kappa shape index (κ1) is 29.4. The van der Waals surface area contributed by atoms with Crippen LogP contribution in [-0.2, 0) is 13.4 Å². The highest BCUT2D eigenvalue weighted by Gasteiger charge is 2.25. The first-order valence-electron chi connectivity index (χ1n) is 11.0. The molecule has 0 saturated heterocycles. The minimum Gasteiger partial charge on any atom is -0.381 e. The van der Waals surface area contributed by atoms with Crippen molar-refractivity contribution in [2.24, 2.45) is 0 Å². The van der Waals surface area contributed by atoms with Gasteiger partial charge in [-0.2, -0.15) is 13.2 Å². The maximum absolute atomic E-state index is 12.0. The van der Waals surface area contributed by atoms with Crippen molar-refractivity contribution in [3.05, 3.63) is 0 Å². The molecule has 0 aromatic rings. The van der Waals surface area contributed by atoms with E-state index >= 15 is 0 Å². The van der Waals surface area contributed by atoms with Crippen LogP contribution in [0, 0.1) is 0 Å². The Kier molecular flexibility index (Phi) is 21.9. The second-order valence-corrected chi connectivity index (χ2v) is 8.85. The average Bonchev–Trinajstić information content (AvgIpc) is 2.65. The molecule has 0 aromatic carbocycles. The number of hydrogen-bond donors (Lipinski definition) is 2. The molecule has 1 atom stereocenters. The molecule has 0 saturated carbocycles. The molecule has 0 spiro atoms. The van der Waals surface area contributed by atoms with Gasteiger partial charge < -0.3 is 18.3 Å². The summed E-state index contributed by atoms with van der Waals surface area (Å²) >= 11 is 3.56. The molecule has 1 N–H and O–H groups in total. The Labute approximate surface area is 181 Å². The molecule has 176 valence electrons. The second kappa shape index (κ2) is 21.6. The van der Waals surface area contributed by atoms with Crippen molar-refractivity contribution in [1.82, 2.24) is 0 Å². The fourth-order valence-corrected chi connectivity index (χ4v) is 3.80. The van der Waals surface area contributed by atoms with Gasteiger partial charge in [-0.15, -0.1) is 0 Å². The zero-order chi connectivity index (χ0) is 21.6. The van der Waals surface area contributed by atoms with Crippen molar-refractivity contribution >= 4 is 21.3 Å². The fraction of sp³-hybridized carbons (Fsp3) is 1.00. The first-order valence-corrected chi connectivity index (χ1v) is 12.7. The molecule has 9 heteroatoms. The number of alkyl halides is 3. The molecule has 0 bridgehead atoms. The van der Waals surface area contributed by atoms with Crippen LogP contribution < -0.4 is 0 Å². The molecule has 0 heterocycles. The fourth-order valence-electron chi connectivity index (χ4n) is 2.99. The van der Waals surface area contributed by atoms with Crippen LogP contribution in [0.1, 0.15) is 96.3 Å². The van der Waals surface area contributed by atoms with E-state index in [0.29, 0.717) is 19.6 Å². The lowest BCUT2D eigenvalue weighted by molar-refractivity contribution is -0.135. The molecule has 29 heavy (non-hydrogen) atoms. The van der Waals surface area contributed by atoms with Crippen LogP contribution in [0.3, 0.4) is 0 Å². The van der Waals surface area contributed by atoms with Crippen LogP contribution in [0.5, 0.6) is 0 Å². The lowest BCUT2D eigenvalue weighted by atomic mass is 10.0. The van der Waals surface area contributed by atoms with Crippen LogP contribution in [0.4, 0.5) is 13.2 Å². The van der Waals surface area contributed by atoms with Crippen molar-refractivity contribution in [2.75, 3.05) is 26.2 Å². The summed E-state index contributed by atoms with van der Waals surface area (Å²) in [6.07, 6.45) is 10.1. The Hall–Kier alpha value is 0.410. The van der Waals surface area contributed by atoms with E-state index in [2.05, 4.69) is 17.1 Å². The number of rotatable bonds is 22. The van der Waals surface area contributed by atoms with Crippen LogP contribution in [-0.4, -0.2) is 37.2 Å². The van der Waals surface area contributed by atoms with Gasteiger partial charge in [-0.1, -0.05) is 70.6 Å². The average molecular weight is 465 g/mol. The maximum atomic E-state index is 12.0. The molecule has 0 aliphatic rings. The van der Waals surface area contributed by atoms with E-state index < -0.39 is 21.0 Å². The quantitative estimate of drug-likeness (QED) is 0.0751. The topological polar surface area (TPSA) is 47.9 Å². The SMILES string of the molecule is OP(COS)OCCCOCCCCCCCCCCCCCCCC(F)(F)F. The molecule has 0 aliphatic heterocycles. The Balaban J connectivity index is 3.07. The molecule has 0 aliphatic carbocycles. The normalized spacial score (nSPS) is 13.1. The predicted octanol–water partition coefficient (Wildman–Crippen LogP) is 7.56. The lowest BCUT2D eigenvalue weighted by Gasteiger charge is -2.09. The molecule has 4 nitrogen and oxygen atoms in total. The third-order valence-electron chi connectivity index (χ3n) is 4.59. The van der Waals surface area contributed by atoms with Gasteiger partial charge in [0.1, 0.15) is 6.35 Å². The predicted molar refractivity (Wildman–Crippen MR) is 116 cm³/mol. The van der Waals surface area contributed by atoms with E-state index in [0.717, 1.165) is 38.7 Å². The molecule has 1 unspecified atom stereocenters. The monoisotopic (exact) mass is 464 g/mol. The summed E-state index contributed by atoms with van der Waals surface area (Å²) in [4.78, 5) is 9.31. The van der Waals surface area contributed by atoms with Crippen LogP contribution in [0.15, 0.2) is 0 Å². The standard InChI is InChI=1S/C20H40F3O4PS/c21-20(22,23)15-12-10-8-6-4-2-1-3-5-7-9-11-13-16-25-17-14-18-26-28(24)19-27-29/h24,29H,1-19H2. The summed E-state index contributed by atoms with van der Waals surface area (Å²) in [5.41, 5.74) is 0. The van der Waals surface area contributed by atoms with Gasteiger partial charge in [-0.05, 0) is 32.2 Å². The second-order valence-electron chi connectivity index (χ2n) is 7.37. The van der Waals surface area contributed by atoms with Gasteiger partial charge in [0.15, 0.2) is 8.38 Å². The summed E-state index contributed by atoms with van der Waals surface area (Å²) in [5, 5.41) is 0. The smallest absolute Gasteiger partial charge is 0.381 e. The van der Waals surface area contributed by atoms with Crippen molar-refractivity contribution in [2.45, 2.75) is 102 Å². The largest absolute Gasteiger partial charge is 0.389 e. The Morgan fingerprint density at radius 3 is 1.59 bits per heavy atom. The number of thiol groups is 1. The van der Waals surface area contributed by atoms with Gasteiger partial charge >= 0.3 is 6.18 Å². The summed E-state index contributed by atoms with van der Waals surface area (Å²) < 4.78 is 51.2. The van der Waals surface area contributed by atoms with Gasteiger partial charge in [-0.3, -0.25) is 0 Å². The van der Waals surface area contributed by atoms with E-state index in [-0.39, 0.29) is 12.8 Å². The van der Waals surface area contributed by atoms with Crippen molar-refractivity contribution in [1.29, 1.82) is 0 Å². The third-order valence-corrected chi connectivity index (χ3v) is 5.75. The van der Waals surface area contributed by atoms with E-state index in [1.165, 1.54) is 44.9 Å².